The van der Waals surface area contributed by atoms with E-state index in [0.29, 0.717) is 11.2 Å². The lowest BCUT2D eigenvalue weighted by Gasteiger charge is -2.39. The zero-order chi connectivity index (χ0) is 22.2. The first-order valence-corrected chi connectivity index (χ1v) is 10.6. The number of nitrogens with one attached hydrogen (secondary N) is 1. The maximum absolute atomic E-state index is 14.1. The van der Waals surface area contributed by atoms with Gasteiger partial charge in [0, 0.05) is 16.8 Å². The van der Waals surface area contributed by atoms with Crippen LogP contribution in [-0.2, 0) is 6.42 Å². The van der Waals surface area contributed by atoms with Crippen molar-refractivity contribution >= 4 is 16.6 Å². The molecule has 3 atom stereocenters. The zero-order valence-corrected chi connectivity index (χ0v) is 17.7. The second-order valence-corrected chi connectivity index (χ2v) is 8.73. The third-order valence-electron chi connectivity index (χ3n) is 6.54. The maximum atomic E-state index is 14.1. The SMILES string of the molecule is Cc1ccc2c(NCC(O)(CC3c4ccccc4CCC3C)C(F)(F)F)cccc2n1. The molecule has 4 rings (SSSR count). The van der Waals surface area contributed by atoms with E-state index in [9.17, 15) is 18.3 Å². The minimum Gasteiger partial charge on any atom is -0.381 e. The van der Waals surface area contributed by atoms with Crippen LogP contribution in [0.25, 0.3) is 10.9 Å². The maximum Gasteiger partial charge on any atom is 0.418 e. The topological polar surface area (TPSA) is 45.1 Å². The molecule has 3 aromatic rings. The molecule has 2 N–H and O–H groups in total. The Balaban J connectivity index is 1.63. The number of hydrogen-bond acceptors (Lipinski definition) is 3. The summed E-state index contributed by atoms with van der Waals surface area (Å²) in [7, 11) is 0. The quantitative estimate of drug-likeness (QED) is 0.524. The molecule has 1 aromatic heterocycles. The molecule has 0 saturated heterocycles. The van der Waals surface area contributed by atoms with E-state index in [-0.39, 0.29) is 18.3 Å². The van der Waals surface area contributed by atoms with Gasteiger partial charge in [-0.1, -0.05) is 37.3 Å². The summed E-state index contributed by atoms with van der Waals surface area (Å²) in [5.74, 6) is -0.288. The zero-order valence-electron chi connectivity index (χ0n) is 17.7. The van der Waals surface area contributed by atoms with Crippen molar-refractivity contribution < 1.29 is 18.3 Å². The second kappa shape index (κ2) is 8.15. The number of rotatable bonds is 5. The molecule has 1 aliphatic rings. The number of nitrogens with zero attached hydrogens (tertiary/aromatic N) is 1. The minimum atomic E-state index is -4.76. The van der Waals surface area contributed by atoms with E-state index >= 15 is 0 Å². The predicted octanol–water partition coefficient (Wildman–Crippen LogP) is 6.00. The highest BCUT2D eigenvalue weighted by Crippen LogP contribution is 2.45. The minimum absolute atomic E-state index is 0.0634. The fraction of sp³-hybridized carbons (Fsp3) is 0.400. The Labute approximate surface area is 180 Å². The Morgan fingerprint density at radius 2 is 1.84 bits per heavy atom. The van der Waals surface area contributed by atoms with Crippen molar-refractivity contribution in [1.29, 1.82) is 0 Å². The first-order valence-electron chi connectivity index (χ1n) is 10.6. The standard InChI is InChI=1S/C25H27F3N2O/c1-16-10-12-18-6-3-4-7-19(18)21(16)14-24(31,25(26,27)28)15-29-22-8-5-9-23-20(22)13-11-17(2)30-23/h3-9,11,13,16,21,29,31H,10,12,14-15H2,1-2H3. The molecule has 0 fully saturated rings. The normalized spacial score (nSPS) is 20.8. The Kier molecular flexibility index (Phi) is 5.69. The molecule has 0 radical (unpaired) electrons. The van der Waals surface area contributed by atoms with Crippen LogP contribution in [0.15, 0.2) is 54.6 Å². The van der Waals surface area contributed by atoms with Gasteiger partial charge in [0.2, 0.25) is 0 Å². The van der Waals surface area contributed by atoms with E-state index in [2.05, 4.69) is 10.3 Å². The smallest absolute Gasteiger partial charge is 0.381 e. The van der Waals surface area contributed by atoms with E-state index in [4.69, 9.17) is 0 Å². The van der Waals surface area contributed by atoms with Crippen molar-refractivity contribution in [3.63, 3.8) is 0 Å². The van der Waals surface area contributed by atoms with Gasteiger partial charge in [0.05, 0.1) is 12.1 Å². The average molecular weight is 428 g/mol. The van der Waals surface area contributed by atoms with E-state index in [1.54, 1.807) is 12.1 Å². The Morgan fingerprint density at radius 3 is 2.61 bits per heavy atom. The number of aromatic nitrogens is 1. The van der Waals surface area contributed by atoms with Crippen LogP contribution in [-0.4, -0.2) is 28.4 Å². The molecule has 1 heterocycles. The number of hydrogen-bond donors (Lipinski definition) is 2. The highest BCUT2D eigenvalue weighted by molar-refractivity contribution is 5.91. The molecule has 31 heavy (non-hydrogen) atoms. The van der Waals surface area contributed by atoms with Crippen LogP contribution in [0.2, 0.25) is 0 Å². The summed E-state index contributed by atoms with van der Waals surface area (Å²) in [4.78, 5) is 4.43. The molecular formula is C25H27F3N2O. The number of alkyl halides is 3. The van der Waals surface area contributed by atoms with Gasteiger partial charge >= 0.3 is 6.18 Å². The molecule has 0 saturated carbocycles. The fourth-order valence-electron chi connectivity index (χ4n) is 4.63. The van der Waals surface area contributed by atoms with Gasteiger partial charge in [-0.3, -0.25) is 4.98 Å². The van der Waals surface area contributed by atoms with Crippen molar-refractivity contribution in [1.82, 2.24) is 4.98 Å². The number of fused-ring (bicyclic) bond motifs is 2. The van der Waals surface area contributed by atoms with Gasteiger partial charge in [0.25, 0.3) is 0 Å². The van der Waals surface area contributed by atoms with Crippen LogP contribution in [0, 0.1) is 12.8 Å². The lowest BCUT2D eigenvalue weighted by atomic mass is 9.71. The predicted molar refractivity (Wildman–Crippen MR) is 117 cm³/mol. The van der Waals surface area contributed by atoms with Crippen molar-refractivity contribution in [2.45, 2.75) is 50.8 Å². The average Bonchev–Trinajstić information content (AvgIpc) is 2.73. The van der Waals surface area contributed by atoms with Gasteiger partial charge in [-0.25, -0.2) is 0 Å². The van der Waals surface area contributed by atoms with Crippen molar-refractivity contribution in [2.24, 2.45) is 5.92 Å². The van der Waals surface area contributed by atoms with Crippen LogP contribution in [0.1, 0.15) is 42.5 Å². The van der Waals surface area contributed by atoms with Crippen molar-refractivity contribution in [2.75, 3.05) is 11.9 Å². The van der Waals surface area contributed by atoms with Crippen LogP contribution in [0.4, 0.5) is 18.9 Å². The summed E-state index contributed by atoms with van der Waals surface area (Å²) in [5.41, 5.74) is 1.23. The summed E-state index contributed by atoms with van der Waals surface area (Å²) in [6.07, 6.45) is -3.45. The van der Waals surface area contributed by atoms with E-state index in [1.165, 1.54) is 0 Å². The number of benzene rings is 2. The third-order valence-corrected chi connectivity index (χ3v) is 6.54. The molecule has 6 heteroatoms. The van der Waals surface area contributed by atoms with Crippen LogP contribution < -0.4 is 5.32 Å². The van der Waals surface area contributed by atoms with Crippen molar-refractivity contribution in [3.8, 4) is 0 Å². The molecular weight excluding hydrogens is 401 g/mol. The van der Waals surface area contributed by atoms with Crippen molar-refractivity contribution in [3.05, 3.63) is 71.4 Å². The molecule has 1 aliphatic carbocycles. The molecule has 0 bridgehead atoms. The largest absolute Gasteiger partial charge is 0.418 e. The Hall–Kier alpha value is -2.60. The first kappa shape index (κ1) is 21.6. The van der Waals surface area contributed by atoms with Gasteiger partial charge in [0.1, 0.15) is 0 Å². The molecule has 3 unspecified atom stereocenters. The highest BCUT2D eigenvalue weighted by Gasteiger charge is 2.55. The van der Waals surface area contributed by atoms with Crippen LogP contribution in [0.3, 0.4) is 0 Å². The summed E-state index contributed by atoms with van der Waals surface area (Å²) in [6, 6.07) is 16.6. The van der Waals surface area contributed by atoms with Gasteiger partial charge in [0.15, 0.2) is 5.60 Å². The monoisotopic (exact) mass is 428 g/mol. The second-order valence-electron chi connectivity index (χ2n) is 8.73. The summed E-state index contributed by atoms with van der Waals surface area (Å²) >= 11 is 0. The Morgan fingerprint density at radius 1 is 1.06 bits per heavy atom. The number of pyridine rings is 1. The molecule has 3 nitrogen and oxygen atoms in total. The van der Waals surface area contributed by atoms with Gasteiger partial charge in [-0.15, -0.1) is 0 Å². The molecule has 0 spiro atoms. The molecule has 0 amide bonds. The van der Waals surface area contributed by atoms with E-state index in [0.717, 1.165) is 35.0 Å². The van der Waals surface area contributed by atoms with Crippen LogP contribution >= 0.6 is 0 Å². The summed E-state index contributed by atoms with van der Waals surface area (Å²) < 4.78 is 42.4. The van der Waals surface area contributed by atoms with Crippen LogP contribution in [0.5, 0.6) is 0 Å². The summed E-state index contributed by atoms with van der Waals surface area (Å²) in [6.45, 7) is 3.23. The van der Waals surface area contributed by atoms with E-state index in [1.807, 2.05) is 56.3 Å². The molecule has 164 valence electrons. The number of aryl methyl sites for hydroxylation is 2. The highest BCUT2D eigenvalue weighted by atomic mass is 19.4. The third kappa shape index (κ3) is 4.26. The number of anilines is 1. The van der Waals surface area contributed by atoms with Gasteiger partial charge in [-0.05, 0) is 73.4 Å². The fourth-order valence-corrected chi connectivity index (χ4v) is 4.63. The number of halogens is 3. The Bertz CT molecular complexity index is 1080. The summed E-state index contributed by atoms with van der Waals surface area (Å²) in [5, 5.41) is 14.5. The molecule has 2 aromatic carbocycles. The lowest BCUT2D eigenvalue weighted by Crippen LogP contribution is -2.52. The van der Waals surface area contributed by atoms with Gasteiger partial charge < -0.3 is 10.4 Å². The number of aliphatic hydroxyl groups is 1. The van der Waals surface area contributed by atoms with Gasteiger partial charge in [-0.2, -0.15) is 13.2 Å². The lowest BCUT2D eigenvalue weighted by molar-refractivity contribution is -0.259. The molecule has 0 aliphatic heterocycles. The first-order chi connectivity index (χ1) is 14.7. The van der Waals surface area contributed by atoms with E-state index < -0.39 is 18.3 Å².